The molecule has 0 radical (unpaired) electrons. The second-order valence-corrected chi connectivity index (χ2v) is 6.61. The quantitative estimate of drug-likeness (QED) is 0.445. The summed E-state index contributed by atoms with van der Waals surface area (Å²) in [5.74, 6) is -1.30. The third-order valence-corrected chi connectivity index (χ3v) is 4.75. The molecule has 2 aromatic rings. The Morgan fingerprint density at radius 1 is 1.10 bits per heavy atom. The second-order valence-electron chi connectivity index (χ2n) is 6.61. The minimum atomic E-state index is -0.769. The Bertz CT molecular complexity index is 951. The van der Waals surface area contributed by atoms with Crippen molar-refractivity contribution >= 4 is 23.4 Å². The van der Waals surface area contributed by atoms with E-state index in [1.807, 2.05) is 0 Å². The molecule has 150 valence electrons. The van der Waals surface area contributed by atoms with Crippen LogP contribution in [0, 0.1) is 0 Å². The van der Waals surface area contributed by atoms with E-state index in [9.17, 15) is 19.5 Å². The van der Waals surface area contributed by atoms with Crippen molar-refractivity contribution in [2.24, 2.45) is 0 Å². The number of methoxy groups -OCH3 is 1. The number of aliphatic hydroxyl groups is 1. The summed E-state index contributed by atoms with van der Waals surface area (Å²) in [6.07, 6.45) is 0. The smallest absolute Gasteiger partial charge is 0.295 e. The van der Waals surface area contributed by atoms with E-state index >= 15 is 0 Å². The highest BCUT2D eigenvalue weighted by atomic mass is 16.5. The van der Waals surface area contributed by atoms with Gasteiger partial charge < -0.3 is 20.1 Å². The van der Waals surface area contributed by atoms with Gasteiger partial charge in [-0.05, 0) is 17.7 Å². The molecule has 2 N–H and O–H groups in total. The van der Waals surface area contributed by atoms with Crippen LogP contribution in [-0.2, 0) is 14.4 Å². The van der Waals surface area contributed by atoms with Crippen molar-refractivity contribution in [3.63, 3.8) is 0 Å². The molecule has 1 saturated heterocycles. The third kappa shape index (κ3) is 4.13. The van der Waals surface area contributed by atoms with E-state index in [-0.39, 0.29) is 30.3 Å². The fourth-order valence-corrected chi connectivity index (χ4v) is 3.35. The van der Waals surface area contributed by atoms with Crippen LogP contribution in [0.1, 0.15) is 24.1 Å². The molecular weight excluding hydrogens is 372 g/mol. The van der Waals surface area contributed by atoms with Gasteiger partial charge in [0.25, 0.3) is 11.7 Å². The molecule has 0 aromatic heterocycles. The molecule has 0 aliphatic carbocycles. The summed E-state index contributed by atoms with van der Waals surface area (Å²) in [4.78, 5) is 38.1. The Morgan fingerprint density at radius 3 is 2.34 bits per heavy atom. The Kier molecular flexibility index (Phi) is 5.97. The van der Waals surface area contributed by atoms with Crippen LogP contribution < -0.4 is 10.1 Å². The molecule has 3 rings (SSSR count). The monoisotopic (exact) mass is 394 g/mol. The number of nitrogens with one attached hydrogen (secondary N) is 1. The van der Waals surface area contributed by atoms with Crippen LogP contribution in [-0.4, -0.2) is 47.8 Å². The van der Waals surface area contributed by atoms with E-state index < -0.39 is 17.7 Å². The van der Waals surface area contributed by atoms with Crippen molar-refractivity contribution in [2.75, 3.05) is 20.2 Å². The van der Waals surface area contributed by atoms with Gasteiger partial charge in [-0.1, -0.05) is 42.5 Å². The average Bonchev–Trinajstić information content (AvgIpc) is 2.98. The lowest BCUT2D eigenvalue weighted by Gasteiger charge is -2.25. The van der Waals surface area contributed by atoms with E-state index in [1.54, 1.807) is 61.7 Å². The third-order valence-electron chi connectivity index (χ3n) is 4.75. The highest BCUT2D eigenvalue weighted by Crippen LogP contribution is 2.39. The Morgan fingerprint density at radius 2 is 1.76 bits per heavy atom. The average molecular weight is 394 g/mol. The number of rotatable bonds is 6. The summed E-state index contributed by atoms with van der Waals surface area (Å²) in [6, 6.07) is 14.8. The first kappa shape index (κ1) is 20.1. The van der Waals surface area contributed by atoms with Crippen molar-refractivity contribution < 1.29 is 24.2 Å². The van der Waals surface area contributed by atoms with E-state index in [1.165, 1.54) is 11.8 Å². The van der Waals surface area contributed by atoms with Gasteiger partial charge in [0.15, 0.2) is 0 Å². The number of ether oxygens (including phenoxy) is 1. The summed E-state index contributed by atoms with van der Waals surface area (Å²) in [5.41, 5.74) is 1.13. The molecule has 7 nitrogen and oxygen atoms in total. The van der Waals surface area contributed by atoms with Crippen molar-refractivity contribution in [3.8, 4) is 5.75 Å². The van der Waals surface area contributed by atoms with Crippen molar-refractivity contribution in [1.29, 1.82) is 0 Å². The Balaban J connectivity index is 2.07. The molecule has 1 aliphatic heterocycles. The second kappa shape index (κ2) is 8.60. The van der Waals surface area contributed by atoms with Gasteiger partial charge in [0, 0.05) is 25.6 Å². The topological polar surface area (TPSA) is 95.9 Å². The van der Waals surface area contributed by atoms with E-state index in [4.69, 9.17) is 4.74 Å². The van der Waals surface area contributed by atoms with Gasteiger partial charge in [0.1, 0.15) is 11.5 Å². The van der Waals surface area contributed by atoms with Gasteiger partial charge in [0.2, 0.25) is 5.91 Å². The molecule has 1 aliphatic rings. The number of Topliss-reactive ketones (excluding diaryl/α,β-unsaturated/α-hetero) is 1. The SMILES string of the molecule is COc1ccc([C@H]2/C(=C(\O)c3ccccc3)C(=O)C(=O)N2CCNC(C)=O)cc1. The zero-order chi connectivity index (χ0) is 21.0. The molecule has 0 bridgehead atoms. The molecule has 1 atom stereocenters. The van der Waals surface area contributed by atoms with Crippen LogP contribution in [0.2, 0.25) is 0 Å². The van der Waals surface area contributed by atoms with Crippen LogP contribution >= 0.6 is 0 Å². The molecule has 29 heavy (non-hydrogen) atoms. The van der Waals surface area contributed by atoms with E-state index in [2.05, 4.69) is 5.32 Å². The maximum atomic E-state index is 12.8. The fraction of sp³-hybridized carbons (Fsp3) is 0.227. The number of carbonyl (C=O) groups excluding carboxylic acids is 3. The molecule has 2 aromatic carbocycles. The summed E-state index contributed by atoms with van der Waals surface area (Å²) in [5, 5.41) is 13.5. The maximum absolute atomic E-state index is 12.8. The summed E-state index contributed by atoms with van der Waals surface area (Å²) in [7, 11) is 1.55. The number of ketones is 1. The van der Waals surface area contributed by atoms with Crippen LogP contribution in [0.4, 0.5) is 0 Å². The molecular formula is C22H22N2O5. The number of hydrogen-bond acceptors (Lipinski definition) is 5. The predicted octanol–water partition coefficient (Wildman–Crippen LogP) is 2.25. The first-order valence-electron chi connectivity index (χ1n) is 9.16. The highest BCUT2D eigenvalue weighted by Gasteiger charge is 2.45. The number of benzene rings is 2. The number of aliphatic hydroxyl groups excluding tert-OH is 1. The molecule has 1 fully saturated rings. The lowest BCUT2D eigenvalue weighted by Crippen LogP contribution is -2.37. The Hall–Kier alpha value is -3.61. The minimum absolute atomic E-state index is 0.0224. The maximum Gasteiger partial charge on any atom is 0.295 e. The largest absolute Gasteiger partial charge is 0.507 e. The standard InChI is InChI=1S/C22H22N2O5/c1-14(25)23-12-13-24-19(15-8-10-17(29-2)11-9-15)18(21(27)22(24)28)20(26)16-6-4-3-5-7-16/h3-11,19,26H,12-13H2,1-2H3,(H,23,25)/b20-18+/t19-/m0/s1. The van der Waals surface area contributed by atoms with Crippen LogP contribution in [0.5, 0.6) is 5.75 Å². The van der Waals surface area contributed by atoms with Crippen LogP contribution in [0.3, 0.4) is 0 Å². The number of nitrogens with zero attached hydrogens (tertiary/aromatic N) is 1. The first-order chi connectivity index (χ1) is 13.9. The normalized spacial score (nSPS) is 18.0. The minimum Gasteiger partial charge on any atom is -0.507 e. The molecule has 2 amide bonds. The van der Waals surface area contributed by atoms with Crippen LogP contribution in [0.15, 0.2) is 60.2 Å². The molecule has 0 spiro atoms. The fourth-order valence-electron chi connectivity index (χ4n) is 3.35. The van der Waals surface area contributed by atoms with Gasteiger partial charge in [-0.3, -0.25) is 14.4 Å². The van der Waals surface area contributed by atoms with Crippen LogP contribution in [0.25, 0.3) is 5.76 Å². The zero-order valence-electron chi connectivity index (χ0n) is 16.2. The van der Waals surface area contributed by atoms with Gasteiger partial charge in [-0.25, -0.2) is 0 Å². The zero-order valence-corrected chi connectivity index (χ0v) is 16.2. The first-order valence-corrected chi connectivity index (χ1v) is 9.16. The van der Waals surface area contributed by atoms with Gasteiger partial charge in [0.05, 0.1) is 18.7 Å². The van der Waals surface area contributed by atoms with E-state index in [0.29, 0.717) is 16.9 Å². The predicted molar refractivity (Wildman–Crippen MR) is 107 cm³/mol. The van der Waals surface area contributed by atoms with Gasteiger partial charge in [-0.15, -0.1) is 0 Å². The van der Waals surface area contributed by atoms with Gasteiger partial charge >= 0.3 is 0 Å². The molecule has 1 heterocycles. The molecule has 0 saturated carbocycles. The number of carbonyl (C=O) groups is 3. The summed E-state index contributed by atoms with van der Waals surface area (Å²) >= 11 is 0. The number of amides is 2. The van der Waals surface area contributed by atoms with E-state index in [0.717, 1.165) is 0 Å². The van der Waals surface area contributed by atoms with Crippen molar-refractivity contribution in [2.45, 2.75) is 13.0 Å². The van der Waals surface area contributed by atoms with Crippen molar-refractivity contribution in [1.82, 2.24) is 10.2 Å². The Labute approximate surface area is 168 Å². The lowest BCUT2D eigenvalue weighted by atomic mass is 9.95. The van der Waals surface area contributed by atoms with Gasteiger partial charge in [-0.2, -0.15) is 0 Å². The lowest BCUT2D eigenvalue weighted by molar-refractivity contribution is -0.139. The number of hydrogen-bond donors (Lipinski definition) is 2. The molecule has 7 heteroatoms. The molecule has 0 unspecified atom stereocenters. The highest BCUT2D eigenvalue weighted by molar-refractivity contribution is 6.46. The number of likely N-dealkylation sites (tertiary alicyclic amines) is 1. The summed E-state index contributed by atoms with van der Waals surface area (Å²) in [6.45, 7) is 1.71. The van der Waals surface area contributed by atoms with Crippen molar-refractivity contribution in [3.05, 3.63) is 71.3 Å². The summed E-state index contributed by atoms with van der Waals surface area (Å²) < 4.78 is 5.18.